The first-order valence-electron chi connectivity index (χ1n) is 6.04. The van der Waals surface area contributed by atoms with E-state index < -0.39 is 22.6 Å². The van der Waals surface area contributed by atoms with Crippen LogP contribution in [-0.4, -0.2) is 38.6 Å². The lowest BCUT2D eigenvalue weighted by Crippen LogP contribution is -2.46. The Kier molecular flexibility index (Phi) is 5.52. The van der Waals surface area contributed by atoms with Crippen LogP contribution in [0.15, 0.2) is 14.7 Å². The molecule has 0 saturated heterocycles. The van der Waals surface area contributed by atoms with Crippen LogP contribution in [0.5, 0.6) is 0 Å². The Labute approximate surface area is 119 Å². The van der Waals surface area contributed by atoms with E-state index in [1.807, 2.05) is 0 Å². The molecule has 0 bridgehead atoms. The molecule has 1 aromatic rings. The van der Waals surface area contributed by atoms with Crippen LogP contribution in [0, 0.1) is 0 Å². The summed E-state index contributed by atoms with van der Waals surface area (Å²) >= 11 is 1.23. The number of nitrogens with zero attached hydrogens (tertiary/aromatic N) is 2. The number of aryl methyl sites for hydroxylation is 1. The number of aromatic nitrogens is 3. The first-order valence-corrected chi connectivity index (χ1v) is 7.02. The van der Waals surface area contributed by atoms with Crippen LogP contribution in [0.3, 0.4) is 0 Å². The maximum atomic E-state index is 11.6. The van der Waals surface area contributed by atoms with E-state index in [0.29, 0.717) is 17.3 Å². The van der Waals surface area contributed by atoms with Crippen molar-refractivity contribution in [2.75, 3.05) is 12.4 Å². The Bertz CT molecular complexity index is 593. The van der Waals surface area contributed by atoms with Gasteiger partial charge >= 0.3 is 17.1 Å². The Morgan fingerprint density at radius 1 is 1.55 bits per heavy atom. The fourth-order valence-corrected chi connectivity index (χ4v) is 2.44. The number of rotatable bonds is 6. The standard InChI is InChI=1S/C11H18N4O4S/c1-4-19-9(18)11(2,12)5-6-20-10-13-7(16)8(17)14-15(10)3/h4-6,12H2,1-3H3,(H,14,17). The van der Waals surface area contributed by atoms with Crippen molar-refractivity contribution in [1.29, 1.82) is 0 Å². The van der Waals surface area contributed by atoms with E-state index in [4.69, 9.17) is 10.5 Å². The maximum absolute atomic E-state index is 11.6. The van der Waals surface area contributed by atoms with Crippen molar-refractivity contribution < 1.29 is 9.53 Å². The molecule has 9 heteroatoms. The fraction of sp³-hybridized carbons (Fsp3) is 0.636. The topological polar surface area (TPSA) is 120 Å². The molecule has 0 aliphatic heterocycles. The van der Waals surface area contributed by atoms with Gasteiger partial charge in [0.2, 0.25) is 0 Å². The van der Waals surface area contributed by atoms with E-state index in [1.54, 1.807) is 20.9 Å². The first kappa shape index (κ1) is 16.4. The number of hydrogen-bond acceptors (Lipinski definition) is 7. The van der Waals surface area contributed by atoms with Gasteiger partial charge in [-0.1, -0.05) is 11.8 Å². The van der Waals surface area contributed by atoms with Gasteiger partial charge in [-0.3, -0.25) is 24.2 Å². The lowest BCUT2D eigenvalue weighted by molar-refractivity contribution is -0.149. The molecular formula is C11H18N4O4S. The van der Waals surface area contributed by atoms with E-state index >= 15 is 0 Å². The molecule has 0 aromatic carbocycles. The normalized spacial score (nSPS) is 13.8. The quantitative estimate of drug-likeness (QED) is 0.402. The van der Waals surface area contributed by atoms with E-state index in [-0.39, 0.29) is 6.61 Å². The smallest absolute Gasteiger partial charge is 0.339 e. The number of hydrogen-bond donors (Lipinski definition) is 2. The molecule has 0 spiro atoms. The highest BCUT2D eigenvalue weighted by atomic mass is 32.2. The third kappa shape index (κ3) is 4.20. The number of nitrogens with two attached hydrogens (primary N) is 1. The molecule has 0 fully saturated rings. The van der Waals surface area contributed by atoms with Gasteiger partial charge in [-0.15, -0.1) is 0 Å². The summed E-state index contributed by atoms with van der Waals surface area (Å²) in [7, 11) is 1.57. The van der Waals surface area contributed by atoms with Crippen LogP contribution in [-0.2, 0) is 16.6 Å². The van der Waals surface area contributed by atoms with Gasteiger partial charge in [0.15, 0.2) is 5.16 Å². The molecule has 3 N–H and O–H groups in total. The number of aromatic amines is 1. The highest BCUT2D eigenvalue weighted by molar-refractivity contribution is 7.99. The third-order valence-corrected chi connectivity index (χ3v) is 3.57. The number of carbonyl (C=O) groups is 1. The van der Waals surface area contributed by atoms with E-state index in [2.05, 4.69) is 10.1 Å². The second-order valence-corrected chi connectivity index (χ2v) is 5.50. The Morgan fingerprint density at radius 3 is 2.80 bits per heavy atom. The zero-order valence-electron chi connectivity index (χ0n) is 11.6. The van der Waals surface area contributed by atoms with Crippen LogP contribution in [0.25, 0.3) is 0 Å². The van der Waals surface area contributed by atoms with Crippen molar-refractivity contribution in [3.05, 3.63) is 20.7 Å². The van der Waals surface area contributed by atoms with Crippen LogP contribution in [0.1, 0.15) is 20.3 Å². The van der Waals surface area contributed by atoms with Gasteiger partial charge in [-0.25, -0.2) is 0 Å². The molecule has 0 radical (unpaired) electrons. The van der Waals surface area contributed by atoms with Crippen molar-refractivity contribution in [3.8, 4) is 0 Å². The predicted molar refractivity (Wildman–Crippen MR) is 74.7 cm³/mol. The molecule has 0 aliphatic rings. The monoisotopic (exact) mass is 302 g/mol. The number of esters is 1. The average Bonchev–Trinajstić information content (AvgIpc) is 2.35. The highest BCUT2D eigenvalue weighted by Gasteiger charge is 2.29. The minimum Gasteiger partial charge on any atom is -0.465 e. The molecule has 8 nitrogen and oxygen atoms in total. The second kappa shape index (κ2) is 6.71. The lowest BCUT2D eigenvalue weighted by Gasteiger charge is -2.21. The summed E-state index contributed by atoms with van der Waals surface area (Å²) < 4.78 is 6.23. The molecule has 1 atom stereocenters. The van der Waals surface area contributed by atoms with E-state index in [1.165, 1.54) is 16.4 Å². The molecule has 1 rings (SSSR count). The molecule has 1 aromatic heterocycles. The van der Waals surface area contributed by atoms with Gasteiger partial charge in [0.25, 0.3) is 0 Å². The summed E-state index contributed by atoms with van der Waals surface area (Å²) in [6.07, 6.45) is 0.353. The number of thioether (sulfide) groups is 1. The van der Waals surface area contributed by atoms with Crippen LogP contribution in [0.4, 0.5) is 0 Å². The predicted octanol–water partition coefficient (Wildman–Crippen LogP) is -0.769. The largest absolute Gasteiger partial charge is 0.465 e. The van der Waals surface area contributed by atoms with Gasteiger partial charge in [-0.05, 0) is 20.3 Å². The zero-order chi connectivity index (χ0) is 15.3. The number of ether oxygens (including phenoxy) is 1. The lowest BCUT2D eigenvalue weighted by atomic mass is 10.0. The fourth-order valence-electron chi connectivity index (χ4n) is 1.34. The number of carbonyl (C=O) groups excluding carboxylic acids is 1. The number of H-pyrrole nitrogens is 1. The second-order valence-electron chi connectivity index (χ2n) is 4.44. The van der Waals surface area contributed by atoms with E-state index in [9.17, 15) is 14.4 Å². The SMILES string of the molecule is CCOC(=O)C(C)(N)CCSc1nc(=O)c(=O)[nH]n1C. The minimum atomic E-state index is -1.09. The molecule has 1 heterocycles. The maximum Gasteiger partial charge on any atom is 0.339 e. The van der Waals surface area contributed by atoms with Crippen molar-refractivity contribution >= 4 is 17.7 Å². The van der Waals surface area contributed by atoms with Crippen LogP contribution in [0.2, 0.25) is 0 Å². The van der Waals surface area contributed by atoms with Crippen LogP contribution < -0.4 is 16.9 Å². The van der Waals surface area contributed by atoms with Gasteiger partial charge in [-0.2, -0.15) is 4.98 Å². The minimum absolute atomic E-state index is 0.273. The van der Waals surface area contributed by atoms with Crippen molar-refractivity contribution in [2.24, 2.45) is 12.8 Å². The summed E-state index contributed by atoms with van der Waals surface area (Å²) in [6, 6.07) is 0. The van der Waals surface area contributed by atoms with Crippen molar-refractivity contribution in [3.63, 3.8) is 0 Å². The summed E-state index contributed by atoms with van der Waals surface area (Å²) in [4.78, 5) is 37.5. The Balaban J connectivity index is 2.65. The highest BCUT2D eigenvalue weighted by Crippen LogP contribution is 2.18. The Hall–Kier alpha value is -1.61. The van der Waals surface area contributed by atoms with Crippen molar-refractivity contribution in [1.82, 2.24) is 14.8 Å². The molecule has 1 unspecified atom stereocenters. The molecule has 0 saturated carbocycles. The van der Waals surface area contributed by atoms with Gasteiger partial charge in [0, 0.05) is 12.8 Å². The summed E-state index contributed by atoms with van der Waals surface area (Å²) in [5.74, 6) is -0.0121. The zero-order valence-corrected chi connectivity index (χ0v) is 12.5. The first-order chi connectivity index (χ1) is 9.27. The van der Waals surface area contributed by atoms with Crippen LogP contribution >= 0.6 is 11.8 Å². The molecule has 0 aliphatic carbocycles. The van der Waals surface area contributed by atoms with Crippen molar-refractivity contribution in [2.45, 2.75) is 31.0 Å². The summed E-state index contributed by atoms with van der Waals surface area (Å²) in [5, 5.41) is 2.70. The molecular weight excluding hydrogens is 284 g/mol. The summed E-state index contributed by atoms with van der Waals surface area (Å²) in [5.41, 5.74) is 3.16. The third-order valence-electron chi connectivity index (χ3n) is 2.54. The summed E-state index contributed by atoms with van der Waals surface area (Å²) in [6.45, 7) is 3.57. The van der Waals surface area contributed by atoms with Gasteiger partial charge in [0.05, 0.1) is 6.61 Å². The Morgan fingerprint density at radius 2 is 2.20 bits per heavy atom. The molecule has 20 heavy (non-hydrogen) atoms. The average molecular weight is 302 g/mol. The van der Waals surface area contributed by atoms with Gasteiger partial charge in [0.1, 0.15) is 5.54 Å². The number of nitrogens with one attached hydrogen (secondary N) is 1. The van der Waals surface area contributed by atoms with E-state index in [0.717, 1.165) is 0 Å². The molecule has 112 valence electrons. The molecule has 0 amide bonds. The van der Waals surface area contributed by atoms with Gasteiger partial charge < -0.3 is 10.5 Å².